The van der Waals surface area contributed by atoms with Crippen molar-refractivity contribution in [3.63, 3.8) is 0 Å². The topological polar surface area (TPSA) is 17.1 Å². The van der Waals surface area contributed by atoms with E-state index >= 15 is 0 Å². The van der Waals surface area contributed by atoms with Crippen LogP contribution in [0.15, 0.2) is 34.8 Å². The van der Waals surface area contributed by atoms with E-state index in [0.29, 0.717) is 23.4 Å². The van der Waals surface area contributed by atoms with Crippen LogP contribution in [0.25, 0.3) is 0 Å². The fraction of sp³-hybridized carbons (Fsp3) is 0.250. The highest BCUT2D eigenvalue weighted by Crippen LogP contribution is 2.23. The average Bonchev–Trinajstić information content (AvgIpc) is 2.14. The first-order valence-corrected chi connectivity index (χ1v) is 5.80. The number of hydrogen-bond donors (Lipinski definition) is 0. The zero-order chi connectivity index (χ0) is 11.4. The monoisotopic (exact) mass is 286 g/mol. The minimum atomic E-state index is 0.0653. The number of allylic oxidation sites excluding steroid dienone is 1. The van der Waals surface area contributed by atoms with Crippen molar-refractivity contribution in [3.05, 3.63) is 45.4 Å². The molecule has 80 valence electrons. The van der Waals surface area contributed by atoms with Crippen LogP contribution in [-0.4, -0.2) is 5.78 Å². The Morgan fingerprint density at radius 2 is 2.13 bits per heavy atom. The molecule has 1 aromatic rings. The maximum Gasteiger partial charge on any atom is 0.164 e. The number of benzene rings is 1. The van der Waals surface area contributed by atoms with Gasteiger partial charge in [0.05, 0.1) is 5.02 Å². The lowest BCUT2D eigenvalue weighted by Gasteiger charge is -2.03. The number of carbonyl (C=O) groups excluding carboxylic acids is 1. The zero-order valence-corrected chi connectivity index (χ0v) is 10.9. The van der Waals surface area contributed by atoms with Gasteiger partial charge in [-0.2, -0.15) is 0 Å². The number of hydrogen-bond acceptors (Lipinski definition) is 1. The number of Topliss-reactive ketones (excluding diaryl/α,β-unsaturated/α-hetero) is 1. The predicted octanol–water partition coefficient (Wildman–Crippen LogP) is 4.64. The van der Waals surface area contributed by atoms with E-state index < -0.39 is 0 Å². The minimum Gasteiger partial charge on any atom is -0.294 e. The van der Waals surface area contributed by atoms with Gasteiger partial charge in [-0.05, 0) is 31.5 Å². The van der Waals surface area contributed by atoms with Crippen LogP contribution in [-0.2, 0) is 0 Å². The van der Waals surface area contributed by atoms with Gasteiger partial charge in [0.25, 0.3) is 0 Å². The molecule has 1 aromatic carbocycles. The summed E-state index contributed by atoms with van der Waals surface area (Å²) < 4.78 is 0.879. The predicted molar refractivity (Wildman–Crippen MR) is 67.5 cm³/mol. The first-order chi connectivity index (χ1) is 7.00. The average molecular weight is 288 g/mol. The molecule has 0 saturated heterocycles. The minimum absolute atomic E-state index is 0.0653. The standard InChI is InChI=1S/C12H12BrClO/c1-8(2)3-6-12(15)10-5-4-9(13)7-11(10)14/h4-5,7H,1,3,6H2,2H3. The van der Waals surface area contributed by atoms with Gasteiger partial charge >= 0.3 is 0 Å². The molecule has 0 fully saturated rings. The van der Waals surface area contributed by atoms with Crippen LogP contribution < -0.4 is 0 Å². The van der Waals surface area contributed by atoms with E-state index in [0.717, 1.165) is 10.0 Å². The smallest absolute Gasteiger partial charge is 0.164 e. The van der Waals surface area contributed by atoms with Gasteiger partial charge in [-0.3, -0.25) is 4.79 Å². The van der Waals surface area contributed by atoms with Crippen molar-refractivity contribution in [2.75, 3.05) is 0 Å². The third-order valence-electron chi connectivity index (χ3n) is 2.01. The molecule has 0 unspecified atom stereocenters. The number of halogens is 2. The molecule has 0 amide bonds. The number of rotatable bonds is 4. The quantitative estimate of drug-likeness (QED) is 0.582. The SMILES string of the molecule is C=C(C)CCC(=O)c1ccc(Br)cc1Cl. The molecule has 0 aliphatic carbocycles. The van der Waals surface area contributed by atoms with Crippen molar-refractivity contribution >= 4 is 33.3 Å². The van der Waals surface area contributed by atoms with Gasteiger partial charge in [-0.25, -0.2) is 0 Å². The molecule has 0 atom stereocenters. The van der Waals surface area contributed by atoms with E-state index in [2.05, 4.69) is 22.5 Å². The molecule has 3 heteroatoms. The van der Waals surface area contributed by atoms with E-state index in [1.54, 1.807) is 12.1 Å². The molecule has 15 heavy (non-hydrogen) atoms. The van der Waals surface area contributed by atoms with Gasteiger partial charge < -0.3 is 0 Å². The fourth-order valence-electron chi connectivity index (χ4n) is 1.18. The molecule has 0 N–H and O–H groups in total. The van der Waals surface area contributed by atoms with Crippen molar-refractivity contribution in [2.45, 2.75) is 19.8 Å². The molecule has 0 aromatic heterocycles. The highest BCUT2D eigenvalue weighted by atomic mass is 79.9. The number of carbonyl (C=O) groups is 1. The van der Waals surface area contributed by atoms with Crippen LogP contribution >= 0.6 is 27.5 Å². The highest BCUT2D eigenvalue weighted by molar-refractivity contribution is 9.10. The number of ketones is 1. The Morgan fingerprint density at radius 3 is 2.67 bits per heavy atom. The van der Waals surface area contributed by atoms with E-state index in [1.807, 2.05) is 13.0 Å². The van der Waals surface area contributed by atoms with Gasteiger partial charge in [0.15, 0.2) is 5.78 Å². The molecule has 0 spiro atoms. The van der Waals surface area contributed by atoms with Crippen LogP contribution in [0.4, 0.5) is 0 Å². The van der Waals surface area contributed by atoms with E-state index in [-0.39, 0.29) is 5.78 Å². The van der Waals surface area contributed by atoms with Crippen molar-refractivity contribution in [3.8, 4) is 0 Å². The molecular formula is C12H12BrClO. The molecule has 0 radical (unpaired) electrons. The summed E-state index contributed by atoms with van der Waals surface area (Å²) in [6.45, 7) is 5.68. The Balaban J connectivity index is 2.78. The van der Waals surface area contributed by atoms with Crippen LogP contribution in [0, 0.1) is 0 Å². The highest BCUT2D eigenvalue weighted by Gasteiger charge is 2.10. The van der Waals surface area contributed by atoms with E-state index in [1.165, 1.54) is 0 Å². The molecule has 0 aliphatic heterocycles. The summed E-state index contributed by atoms with van der Waals surface area (Å²) in [6.07, 6.45) is 1.18. The zero-order valence-electron chi connectivity index (χ0n) is 8.52. The van der Waals surface area contributed by atoms with Gasteiger partial charge in [0.1, 0.15) is 0 Å². The third kappa shape index (κ3) is 3.80. The maximum absolute atomic E-state index is 11.7. The maximum atomic E-state index is 11.7. The molecule has 1 rings (SSSR count). The summed E-state index contributed by atoms with van der Waals surface area (Å²) in [5.74, 6) is 0.0653. The third-order valence-corrected chi connectivity index (χ3v) is 2.82. The Morgan fingerprint density at radius 1 is 1.47 bits per heavy atom. The van der Waals surface area contributed by atoms with Crippen LogP contribution in [0.5, 0.6) is 0 Å². The Labute approximate surface area is 103 Å². The lowest BCUT2D eigenvalue weighted by molar-refractivity contribution is 0.0983. The van der Waals surface area contributed by atoms with Crippen molar-refractivity contribution < 1.29 is 4.79 Å². The normalized spacial score (nSPS) is 10.1. The van der Waals surface area contributed by atoms with Crippen molar-refractivity contribution in [2.24, 2.45) is 0 Å². The first kappa shape index (κ1) is 12.5. The van der Waals surface area contributed by atoms with Crippen molar-refractivity contribution in [1.29, 1.82) is 0 Å². The van der Waals surface area contributed by atoms with E-state index in [4.69, 9.17) is 11.6 Å². The summed E-state index contributed by atoms with van der Waals surface area (Å²) in [7, 11) is 0. The van der Waals surface area contributed by atoms with Gasteiger partial charge in [0.2, 0.25) is 0 Å². The van der Waals surface area contributed by atoms with Gasteiger partial charge in [-0.1, -0.05) is 33.1 Å². The molecular weight excluding hydrogens is 275 g/mol. The van der Waals surface area contributed by atoms with Crippen LogP contribution in [0.1, 0.15) is 30.1 Å². The summed E-state index contributed by atoms with van der Waals surface area (Å²) >= 11 is 9.26. The molecule has 0 saturated carbocycles. The van der Waals surface area contributed by atoms with Gasteiger partial charge in [-0.15, -0.1) is 6.58 Å². The Bertz CT molecular complexity index is 399. The second-order valence-corrected chi connectivity index (χ2v) is 4.83. The largest absolute Gasteiger partial charge is 0.294 e. The summed E-state index contributed by atoms with van der Waals surface area (Å²) in [4.78, 5) is 11.7. The fourth-order valence-corrected chi connectivity index (χ4v) is 1.96. The summed E-state index contributed by atoms with van der Waals surface area (Å²) in [6, 6.07) is 5.29. The van der Waals surface area contributed by atoms with Crippen molar-refractivity contribution in [1.82, 2.24) is 0 Å². The van der Waals surface area contributed by atoms with Gasteiger partial charge in [0, 0.05) is 16.5 Å². The molecule has 0 aliphatic rings. The second-order valence-electron chi connectivity index (χ2n) is 3.50. The van der Waals surface area contributed by atoms with Crippen LogP contribution in [0.3, 0.4) is 0 Å². The van der Waals surface area contributed by atoms with E-state index in [9.17, 15) is 4.79 Å². The second kappa shape index (κ2) is 5.47. The molecule has 1 nitrogen and oxygen atoms in total. The summed E-state index contributed by atoms with van der Waals surface area (Å²) in [5.41, 5.74) is 1.60. The summed E-state index contributed by atoms with van der Waals surface area (Å²) in [5, 5.41) is 0.496. The van der Waals surface area contributed by atoms with Crippen LogP contribution in [0.2, 0.25) is 5.02 Å². The Hall–Kier alpha value is -0.600. The first-order valence-electron chi connectivity index (χ1n) is 4.63. The molecule has 0 bridgehead atoms. The molecule has 0 heterocycles. The lowest BCUT2D eigenvalue weighted by atomic mass is 10.0. The Kier molecular flexibility index (Phi) is 4.55. The lowest BCUT2D eigenvalue weighted by Crippen LogP contribution is -2.00.